The van der Waals surface area contributed by atoms with Gasteiger partial charge in [0.15, 0.2) is 0 Å². The quantitative estimate of drug-likeness (QED) is 0.442. The average molecular weight is 484 g/mol. The second kappa shape index (κ2) is 9.55. The highest BCUT2D eigenvalue weighted by molar-refractivity contribution is 7.89. The molecule has 0 spiro atoms. The Morgan fingerprint density at radius 3 is 2.47 bits per heavy atom. The number of aromatic nitrogens is 3. The molecule has 0 atom stereocenters. The standard InChI is InChI=1S/C24H29N5O4S/c1-24(2,22-15-25-28-26-22)27-34(32,33)21-12-10-18(11-13-21)19-7-5-6-17(14-19)16-29(23(30)31)20-8-3-4-9-20/h5-7,10-15,20,27H,3-4,8-9,16H2,1-2H3,(H,30,31)(H,25,26,28). The number of H-pyrrole nitrogens is 1. The molecule has 0 radical (unpaired) electrons. The minimum atomic E-state index is -3.79. The lowest BCUT2D eigenvalue weighted by Crippen LogP contribution is -2.41. The molecule has 4 rings (SSSR count). The zero-order chi connectivity index (χ0) is 24.3. The first kappa shape index (κ1) is 23.9. The lowest BCUT2D eigenvalue weighted by Gasteiger charge is -2.26. The maximum absolute atomic E-state index is 12.9. The van der Waals surface area contributed by atoms with Crippen molar-refractivity contribution in [3.8, 4) is 11.1 Å². The number of amides is 1. The van der Waals surface area contributed by atoms with Gasteiger partial charge >= 0.3 is 6.09 Å². The molecule has 3 aromatic rings. The summed E-state index contributed by atoms with van der Waals surface area (Å²) in [4.78, 5) is 13.5. The zero-order valence-corrected chi connectivity index (χ0v) is 20.0. The Balaban J connectivity index is 1.51. The van der Waals surface area contributed by atoms with Crippen LogP contribution < -0.4 is 4.72 Å². The fraction of sp³-hybridized carbons (Fsp3) is 0.375. The molecule has 0 saturated heterocycles. The third-order valence-electron chi connectivity index (χ3n) is 6.23. The maximum atomic E-state index is 12.9. The van der Waals surface area contributed by atoms with Crippen molar-refractivity contribution in [1.82, 2.24) is 25.0 Å². The van der Waals surface area contributed by atoms with Gasteiger partial charge in [-0.25, -0.2) is 13.2 Å². The van der Waals surface area contributed by atoms with Gasteiger partial charge < -0.3 is 10.0 Å². The van der Waals surface area contributed by atoms with Crippen LogP contribution in [0, 0.1) is 0 Å². The van der Waals surface area contributed by atoms with E-state index in [1.165, 1.54) is 11.1 Å². The van der Waals surface area contributed by atoms with Crippen molar-refractivity contribution in [3.63, 3.8) is 0 Å². The number of hydrogen-bond acceptors (Lipinski definition) is 5. The van der Waals surface area contributed by atoms with E-state index in [1.807, 2.05) is 24.3 Å². The average Bonchev–Trinajstić information content (AvgIpc) is 3.52. The number of hydrogen-bond donors (Lipinski definition) is 3. The van der Waals surface area contributed by atoms with E-state index >= 15 is 0 Å². The largest absolute Gasteiger partial charge is 0.465 e. The number of aromatic amines is 1. The molecule has 10 heteroatoms. The Morgan fingerprint density at radius 1 is 1.15 bits per heavy atom. The van der Waals surface area contributed by atoms with Crippen molar-refractivity contribution < 1.29 is 18.3 Å². The summed E-state index contributed by atoms with van der Waals surface area (Å²) >= 11 is 0. The molecule has 2 aromatic carbocycles. The molecule has 1 heterocycles. The highest BCUT2D eigenvalue weighted by atomic mass is 32.2. The Labute approximate surface area is 199 Å². The monoisotopic (exact) mass is 483 g/mol. The maximum Gasteiger partial charge on any atom is 0.407 e. The van der Waals surface area contributed by atoms with E-state index in [9.17, 15) is 18.3 Å². The predicted octanol–water partition coefficient (Wildman–Crippen LogP) is 4.11. The molecule has 9 nitrogen and oxygen atoms in total. The molecule has 1 aromatic heterocycles. The van der Waals surface area contributed by atoms with Gasteiger partial charge in [-0.2, -0.15) is 20.1 Å². The molecule has 0 unspecified atom stereocenters. The summed E-state index contributed by atoms with van der Waals surface area (Å²) in [5.41, 5.74) is 2.19. The summed E-state index contributed by atoms with van der Waals surface area (Å²) < 4.78 is 28.5. The Kier molecular flexibility index (Phi) is 6.72. The van der Waals surface area contributed by atoms with E-state index in [4.69, 9.17) is 0 Å². The molecule has 1 aliphatic carbocycles. The van der Waals surface area contributed by atoms with Crippen LogP contribution in [-0.2, 0) is 22.1 Å². The minimum absolute atomic E-state index is 0.0691. The Hall–Kier alpha value is -3.24. The molecule has 34 heavy (non-hydrogen) atoms. The molecule has 0 aliphatic heterocycles. The van der Waals surface area contributed by atoms with Crippen LogP contribution in [0.4, 0.5) is 4.79 Å². The van der Waals surface area contributed by atoms with Crippen LogP contribution in [0.3, 0.4) is 0 Å². The first-order chi connectivity index (χ1) is 16.2. The molecular weight excluding hydrogens is 454 g/mol. The topological polar surface area (TPSA) is 128 Å². The molecule has 0 bridgehead atoms. The van der Waals surface area contributed by atoms with E-state index in [2.05, 4.69) is 20.1 Å². The second-order valence-electron chi connectivity index (χ2n) is 9.16. The van der Waals surface area contributed by atoms with E-state index in [-0.39, 0.29) is 10.9 Å². The minimum Gasteiger partial charge on any atom is -0.465 e. The molecule has 1 amide bonds. The molecule has 1 fully saturated rings. The number of benzene rings is 2. The second-order valence-corrected chi connectivity index (χ2v) is 10.8. The van der Waals surface area contributed by atoms with Crippen LogP contribution in [-0.4, -0.2) is 46.0 Å². The third kappa shape index (κ3) is 5.28. The van der Waals surface area contributed by atoms with Gasteiger partial charge in [0.2, 0.25) is 10.0 Å². The van der Waals surface area contributed by atoms with Crippen molar-refractivity contribution in [1.29, 1.82) is 0 Å². The summed E-state index contributed by atoms with van der Waals surface area (Å²) in [6, 6.07) is 14.4. The predicted molar refractivity (Wildman–Crippen MR) is 127 cm³/mol. The van der Waals surface area contributed by atoms with E-state index in [1.54, 1.807) is 38.1 Å². The van der Waals surface area contributed by atoms with Crippen molar-refractivity contribution in [2.45, 2.75) is 62.6 Å². The first-order valence-electron chi connectivity index (χ1n) is 11.2. The summed E-state index contributed by atoms with van der Waals surface area (Å²) in [5, 5.41) is 19.9. The van der Waals surface area contributed by atoms with E-state index < -0.39 is 21.7 Å². The van der Waals surface area contributed by atoms with Crippen LogP contribution in [0.2, 0.25) is 0 Å². The summed E-state index contributed by atoms with van der Waals surface area (Å²) in [6.07, 6.45) is 4.53. The molecular formula is C24H29N5O4S. The normalized spacial score (nSPS) is 14.9. The van der Waals surface area contributed by atoms with Crippen molar-refractivity contribution in [3.05, 3.63) is 66.0 Å². The van der Waals surface area contributed by atoms with Crippen LogP contribution in [0.1, 0.15) is 50.8 Å². The molecule has 180 valence electrons. The lowest BCUT2D eigenvalue weighted by molar-refractivity contribution is 0.121. The van der Waals surface area contributed by atoms with Gasteiger partial charge in [-0.1, -0.05) is 43.2 Å². The Morgan fingerprint density at radius 2 is 1.85 bits per heavy atom. The number of nitrogens with zero attached hydrogens (tertiary/aromatic N) is 3. The van der Waals surface area contributed by atoms with Gasteiger partial charge in [0.25, 0.3) is 0 Å². The van der Waals surface area contributed by atoms with Gasteiger partial charge in [0.05, 0.1) is 16.6 Å². The van der Waals surface area contributed by atoms with E-state index in [0.29, 0.717) is 12.2 Å². The number of nitrogens with one attached hydrogen (secondary N) is 2. The van der Waals surface area contributed by atoms with Gasteiger partial charge in [0, 0.05) is 12.6 Å². The third-order valence-corrected chi connectivity index (χ3v) is 7.91. The lowest BCUT2D eigenvalue weighted by atomic mass is 10.0. The van der Waals surface area contributed by atoms with Crippen molar-refractivity contribution in [2.75, 3.05) is 0 Å². The fourth-order valence-electron chi connectivity index (χ4n) is 4.39. The van der Waals surface area contributed by atoms with Gasteiger partial charge in [-0.3, -0.25) is 0 Å². The van der Waals surface area contributed by atoms with Crippen molar-refractivity contribution in [2.24, 2.45) is 0 Å². The summed E-state index contributed by atoms with van der Waals surface area (Å²) in [7, 11) is -3.79. The number of carbonyl (C=O) groups is 1. The van der Waals surface area contributed by atoms with Gasteiger partial charge in [-0.05, 0) is 61.6 Å². The van der Waals surface area contributed by atoms with Crippen LogP contribution in [0.5, 0.6) is 0 Å². The van der Waals surface area contributed by atoms with Crippen molar-refractivity contribution >= 4 is 16.1 Å². The smallest absolute Gasteiger partial charge is 0.407 e. The van der Waals surface area contributed by atoms with Crippen LogP contribution in [0.25, 0.3) is 11.1 Å². The fourth-order valence-corrected chi connectivity index (χ4v) is 5.78. The number of rotatable bonds is 8. The zero-order valence-electron chi connectivity index (χ0n) is 19.2. The Bertz CT molecular complexity index is 1230. The molecule has 3 N–H and O–H groups in total. The SMILES string of the molecule is CC(C)(NS(=O)(=O)c1ccc(-c2cccc(CN(C(=O)O)C3CCCC3)c2)cc1)c1cn[nH]n1. The van der Waals surface area contributed by atoms with Gasteiger partial charge in [-0.15, -0.1) is 0 Å². The molecule has 1 aliphatic rings. The van der Waals surface area contributed by atoms with Crippen LogP contribution in [0.15, 0.2) is 59.6 Å². The highest BCUT2D eigenvalue weighted by Gasteiger charge is 2.30. The number of carboxylic acid groups (broad SMARTS) is 1. The van der Waals surface area contributed by atoms with E-state index in [0.717, 1.165) is 42.4 Å². The van der Waals surface area contributed by atoms with Crippen LogP contribution >= 0.6 is 0 Å². The highest BCUT2D eigenvalue weighted by Crippen LogP contribution is 2.28. The summed E-state index contributed by atoms with van der Waals surface area (Å²) in [6.45, 7) is 3.77. The molecule has 1 saturated carbocycles. The first-order valence-corrected chi connectivity index (χ1v) is 12.7. The summed E-state index contributed by atoms with van der Waals surface area (Å²) in [5.74, 6) is 0. The van der Waals surface area contributed by atoms with Gasteiger partial charge in [0.1, 0.15) is 5.69 Å². The number of sulfonamides is 1.